The highest BCUT2D eigenvalue weighted by Gasteiger charge is 2.52. The minimum atomic E-state index is -5.30. The Labute approximate surface area is 232 Å². The second-order valence-electron chi connectivity index (χ2n) is 8.80. The first-order valence-corrected chi connectivity index (χ1v) is 12.2. The molecule has 0 saturated heterocycles. The second kappa shape index (κ2) is 11.2. The first kappa shape index (κ1) is 31.7. The van der Waals surface area contributed by atoms with E-state index in [-0.39, 0.29) is 34.5 Å². The fourth-order valence-corrected chi connectivity index (χ4v) is 4.14. The van der Waals surface area contributed by atoms with E-state index < -0.39 is 76.4 Å². The molecule has 1 aliphatic rings. The van der Waals surface area contributed by atoms with Gasteiger partial charge in [-0.2, -0.15) is 39.5 Å². The Balaban J connectivity index is 1.94. The average molecular weight is 670 g/mol. The van der Waals surface area contributed by atoms with Gasteiger partial charge in [-0.25, -0.2) is 4.39 Å². The lowest BCUT2D eigenvalue weighted by molar-refractivity contribution is -0.140. The van der Waals surface area contributed by atoms with Crippen molar-refractivity contribution >= 4 is 45.2 Å². The summed E-state index contributed by atoms with van der Waals surface area (Å²) in [6.07, 6.45) is -15.4. The van der Waals surface area contributed by atoms with Crippen LogP contribution in [0.2, 0.25) is 5.02 Å². The van der Waals surface area contributed by atoms with Crippen molar-refractivity contribution in [2.45, 2.75) is 42.8 Å². The molecule has 2 aromatic carbocycles. The van der Waals surface area contributed by atoms with Crippen LogP contribution in [0, 0.1) is 0 Å². The lowest BCUT2D eigenvalue weighted by Crippen LogP contribution is -2.51. The minimum absolute atomic E-state index is 0.0589. The van der Waals surface area contributed by atoms with E-state index in [2.05, 4.69) is 15.9 Å². The minimum Gasteiger partial charge on any atom is -0.345 e. The fraction of sp³-hybridized carbons (Fsp3) is 0.333. The summed E-state index contributed by atoms with van der Waals surface area (Å²) in [5.74, 6) is -7.02. The van der Waals surface area contributed by atoms with Crippen LogP contribution in [0.1, 0.15) is 45.8 Å². The number of nitrogens with one attached hydrogen (secondary N) is 2. The van der Waals surface area contributed by atoms with Crippen molar-refractivity contribution in [3.05, 3.63) is 74.2 Å². The Morgan fingerprint density at radius 1 is 1.00 bits per heavy atom. The highest BCUT2D eigenvalue weighted by atomic mass is 79.9. The number of rotatable bonds is 7. The number of alkyl halides is 9. The van der Waals surface area contributed by atoms with Gasteiger partial charge in [0.15, 0.2) is 0 Å². The molecule has 218 valence electrons. The zero-order chi connectivity index (χ0) is 30.3. The van der Waals surface area contributed by atoms with E-state index in [0.717, 1.165) is 18.2 Å². The summed E-state index contributed by atoms with van der Waals surface area (Å²) >= 11 is 8.72. The molecule has 0 spiro atoms. The largest absolute Gasteiger partial charge is 0.417 e. The maximum atomic E-state index is 15.0. The summed E-state index contributed by atoms with van der Waals surface area (Å²) in [6.45, 7) is -1.73. The van der Waals surface area contributed by atoms with Gasteiger partial charge in [0, 0.05) is 10.0 Å². The van der Waals surface area contributed by atoms with Gasteiger partial charge in [0.2, 0.25) is 5.91 Å². The van der Waals surface area contributed by atoms with Crippen molar-refractivity contribution in [2.75, 3.05) is 6.54 Å². The van der Waals surface area contributed by atoms with Crippen molar-refractivity contribution in [1.29, 1.82) is 0 Å². The molecule has 1 fully saturated rings. The zero-order valence-electron chi connectivity index (χ0n) is 19.6. The smallest absolute Gasteiger partial charge is 0.345 e. The van der Waals surface area contributed by atoms with Crippen molar-refractivity contribution in [2.24, 2.45) is 0 Å². The molecule has 40 heavy (non-hydrogen) atoms. The third-order valence-electron chi connectivity index (χ3n) is 5.80. The lowest BCUT2D eigenvalue weighted by Gasteiger charge is -2.20. The highest BCUT2D eigenvalue weighted by molar-refractivity contribution is 9.10. The van der Waals surface area contributed by atoms with Crippen LogP contribution in [0.15, 0.2) is 46.9 Å². The second-order valence-corrected chi connectivity index (χ2v) is 10.1. The zero-order valence-corrected chi connectivity index (χ0v) is 21.9. The Morgan fingerprint density at radius 2 is 1.62 bits per heavy atom. The number of carbonyl (C=O) groups excluding carboxylic acids is 2. The Bertz CT molecular complexity index is 1330. The van der Waals surface area contributed by atoms with Gasteiger partial charge < -0.3 is 10.6 Å². The van der Waals surface area contributed by atoms with Crippen LogP contribution in [0.3, 0.4) is 0 Å². The standard InChI is InChI=1S/C24H16BrClF10N2O2/c25-16-8-11(2-4-17(16)26)14(23(31,32)33)9-18(27)12-1-3-13(15(7-12)24(34,35)36)19(39)38-21(5-6-21)20(40)37-10-22(28,29)30/h1-4,7-9,14H,5-6,10H2,(H,37,40)(H,38,39)/b18-9-. The van der Waals surface area contributed by atoms with Crippen LogP contribution in [-0.2, 0) is 11.0 Å². The predicted molar refractivity (Wildman–Crippen MR) is 127 cm³/mol. The van der Waals surface area contributed by atoms with Crippen LogP contribution < -0.4 is 10.6 Å². The summed E-state index contributed by atoms with van der Waals surface area (Å²) < 4.78 is 135. The number of carbonyl (C=O) groups is 2. The predicted octanol–water partition coefficient (Wildman–Crippen LogP) is 7.72. The molecule has 3 rings (SSSR count). The molecule has 1 unspecified atom stereocenters. The fourth-order valence-electron chi connectivity index (χ4n) is 3.62. The van der Waals surface area contributed by atoms with E-state index >= 15 is 0 Å². The van der Waals surface area contributed by atoms with Crippen LogP contribution in [0.25, 0.3) is 5.83 Å². The van der Waals surface area contributed by atoms with Gasteiger partial charge in [-0.05, 0) is 64.7 Å². The van der Waals surface area contributed by atoms with Crippen molar-refractivity contribution in [1.82, 2.24) is 10.6 Å². The lowest BCUT2D eigenvalue weighted by atomic mass is 9.95. The van der Waals surface area contributed by atoms with Gasteiger partial charge in [0.05, 0.1) is 16.1 Å². The molecule has 2 N–H and O–H groups in total. The Kier molecular flexibility index (Phi) is 8.90. The molecule has 1 saturated carbocycles. The first-order chi connectivity index (χ1) is 18.2. The number of allylic oxidation sites excluding steroid dienone is 1. The van der Waals surface area contributed by atoms with Crippen molar-refractivity contribution < 1.29 is 53.5 Å². The molecule has 0 radical (unpaired) electrons. The van der Waals surface area contributed by atoms with E-state index in [9.17, 15) is 53.5 Å². The molecule has 0 bridgehead atoms. The molecule has 1 atom stereocenters. The summed E-state index contributed by atoms with van der Waals surface area (Å²) in [4.78, 5) is 24.7. The van der Waals surface area contributed by atoms with E-state index in [1.54, 1.807) is 5.32 Å². The monoisotopic (exact) mass is 668 g/mol. The maximum absolute atomic E-state index is 15.0. The van der Waals surface area contributed by atoms with Gasteiger partial charge >= 0.3 is 18.5 Å². The van der Waals surface area contributed by atoms with Gasteiger partial charge in [0.25, 0.3) is 5.91 Å². The van der Waals surface area contributed by atoms with E-state index in [0.29, 0.717) is 12.1 Å². The average Bonchev–Trinajstić information content (AvgIpc) is 3.61. The summed E-state index contributed by atoms with van der Waals surface area (Å²) in [5.41, 5.74) is -6.13. The maximum Gasteiger partial charge on any atom is 0.417 e. The molecular weight excluding hydrogens is 654 g/mol. The third-order valence-corrected chi connectivity index (χ3v) is 7.01. The van der Waals surface area contributed by atoms with E-state index in [1.165, 1.54) is 0 Å². The molecule has 0 aliphatic heterocycles. The number of benzene rings is 2. The number of hydrogen-bond donors (Lipinski definition) is 2. The van der Waals surface area contributed by atoms with Gasteiger partial charge in [-0.1, -0.05) is 23.7 Å². The normalized spacial score (nSPS) is 16.4. The number of amides is 2. The molecule has 4 nitrogen and oxygen atoms in total. The van der Waals surface area contributed by atoms with Gasteiger partial charge in [-0.15, -0.1) is 0 Å². The van der Waals surface area contributed by atoms with Gasteiger partial charge in [0.1, 0.15) is 23.8 Å². The topological polar surface area (TPSA) is 58.2 Å². The Hall–Kier alpha value is -2.81. The van der Waals surface area contributed by atoms with Crippen LogP contribution in [0.4, 0.5) is 43.9 Å². The molecule has 1 aliphatic carbocycles. The molecular formula is C24H16BrClF10N2O2. The van der Waals surface area contributed by atoms with E-state index in [1.807, 2.05) is 5.32 Å². The van der Waals surface area contributed by atoms with Crippen molar-refractivity contribution in [3.8, 4) is 0 Å². The molecule has 2 aromatic rings. The number of halogens is 12. The van der Waals surface area contributed by atoms with Crippen molar-refractivity contribution in [3.63, 3.8) is 0 Å². The molecule has 0 aromatic heterocycles. The third kappa shape index (κ3) is 7.68. The van der Waals surface area contributed by atoms with E-state index in [4.69, 9.17) is 11.6 Å². The molecule has 2 amide bonds. The summed E-state index contributed by atoms with van der Waals surface area (Å²) in [6, 6.07) is 4.28. The highest BCUT2D eigenvalue weighted by Crippen LogP contribution is 2.42. The Morgan fingerprint density at radius 3 is 2.12 bits per heavy atom. The molecule has 0 heterocycles. The number of hydrogen-bond acceptors (Lipinski definition) is 2. The molecule has 16 heteroatoms. The summed E-state index contributed by atoms with van der Waals surface area (Å²) in [7, 11) is 0. The van der Waals surface area contributed by atoms with Crippen LogP contribution >= 0.6 is 27.5 Å². The quantitative estimate of drug-likeness (QED) is 0.297. The van der Waals surface area contributed by atoms with Crippen LogP contribution in [0.5, 0.6) is 0 Å². The first-order valence-electron chi connectivity index (χ1n) is 11.0. The van der Waals surface area contributed by atoms with Gasteiger partial charge in [-0.3, -0.25) is 9.59 Å². The van der Waals surface area contributed by atoms with Crippen LogP contribution in [-0.4, -0.2) is 36.3 Å². The summed E-state index contributed by atoms with van der Waals surface area (Å²) in [5, 5.41) is 3.57. The SMILES string of the molecule is O=C(NC1(C(=O)NCC(F)(F)F)CC1)c1ccc(/C(F)=C/C(c2ccc(Cl)c(Br)c2)C(F)(F)F)cc1C(F)(F)F.